The van der Waals surface area contributed by atoms with E-state index in [0.29, 0.717) is 15.6 Å². The fourth-order valence-electron chi connectivity index (χ4n) is 1.78. The van der Waals surface area contributed by atoms with Crippen molar-refractivity contribution in [1.82, 2.24) is 15.2 Å². The maximum absolute atomic E-state index is 12.8. The molecule has 5 nitrogen and oxygen atoms in total. The van der Waals surface area contributed by atoms with E-state index < -0.39 is 6.04 Å². The lowest BCUT2D eigenvalue weighted by Crippen LogP contribution is -2.28. The van der Waals surface area contributed by atoms with Crippen molar-refractivity contribution in [2.45, 2.75) is 26.8 Å². The Morgan fingerprint density at radius 3 is 2.81 bits per heavy atom. The number of halogens is 2. The van der Waals surface area contributed by atoms with E-state index in [0.717, 1.165) is 17.0 Å². The summed E-state index contributed by atoms with van der Waals surface area (Å²) in [5, 5.41) is 8.28. The van der Waals surface area contributed by atoms with Crippen LogP contribution in [0.25, 0.3) is 0 Å². The number of hydrazone groups is 1. The van der Waals surface area contributed by atoms with E-state index in [4.69, 9.17) is 11.6 Å². The van der Waals surface area contributed by atoms with Gasteiger partial charge < -0.3 is 0 Å². The second-order valence-electron chi connectivity index (χ2n) is 4.48. The Balaban J connectivity index is 2.02. The van der Waals surface area contributed by atoms with Gasteiger partial charge in [0.05, 0.1) is 27.5 Å². The average Bonchev–Trinajstić information content (AvgIpc) is 2.97. The quantitative estimate of drug-likeness (QED) is 0.692. The fraction of sp³-hybridized carbons (Fsp3) is 0.308. The van der Waals surface area contributed by atoms with Crippen LogP contribution in [-0.4, -0.2) is 21.9 Å². The van der Waals surface area contributed by atoms with Crippen LogP contribution < -0.4 is 5.43 Å². The van der Waals surface area contributed by atoms with E-state index in [2.05, 4.69) is 15.6 Å². The van der Waals surface area contributed by atoms with E-state index in [1.54, 1.807) is 31.5 Å². The zero-order chi connectivity index (χ0) is 15.6. The standard InChI is InChI=1S/C13H14ClFN4OS/c1-7-12(14)8(2)19(18-7)9(3)13(20)17-16-6-10-4-5-11(15)21-10/h4-6,9H,1-3H3,(H,17,20)/b16-6+. The normalized spacial score (nSPS) is 12.8. The number of hydrogen-bond donors (Lipinski definition) is 1. The topological polar surface area (TPSA) is 59.3 Å². The Kier molecular flexibility index (Phi) is 4.74. The zero-order valence-electron chi connectivity index (χ0n) is 11.7. The number of aryl methyl sites for hydroxylation is 1. The van der Waals surface area contributed by atoms with Crippen LogP contribution in [-0.2, 0) is 4.79 Å². The molecule has 0 aliphatic carbocycles. The SMILES string of the molecule is Cc1nn(C(C)C(=O)N/N=C/c2ccc(F)s2)c(C)c1Cl. The van der Waals surface area contributed by atoms with Gasteiger partial charge in [0.2, 0.25) is 0 Å². The Morgan fingerprint density at radius 2 is 2.29 bits per heavy atom. The minimum absolute atomic E-state index is 0.298. The van der Waals surface area contributed by atoms with Gasteiger partial charge in [-0.1, -0.05) is 11.6 Å². The van der Waals surface area contributed by atoms with Gasteiger partial charge in [0, 0.05) is 0 Å². The van der Waals surface area contributed by atoms with Gasteiger partial charge in [0.25, 0.3) is 5.91 Å². The molecule has 2 aromatic heterocycles. The number of amides is 1. The van der Waals surface area contributed by atoms with Crippen LogP contribution in [0.4, 0.5) is 4.39 Å². The van der Waals surface area contributed by atoms with Gasteiger partial charge in [0.15, 0.2) is 5.13 Å². The number of rotatable bonds is 4. The highest BCUT2D eigenvalue weighted by molar-refractivity contribution is 7.12. The summed E-state index contributed by atoms with van der Waals surface area (Å²) in [6, 6.07) is 2.38. The van der Waals surface area contributed by atoms with Gasteiger partial charge in [-0.15, -0.1) is 11.3 Å². The predicted octanol–water partition coefficient (Wildman–Crippen LogP) is 3.07. The molecule has 0 spiro atoms. The molecule has 0 saturated carbocycles. The second-order valence-corrected chi connectivity index (χ2v) is 5.92. The van der Waals surface area contributed by atoms with Crippen molar-refractivity contribution in [2.75, 3.05) is 0 Å². The molecule has 1 N–H and O–H groups in total. The number of carbonyl (C=O) groups excluding carboxylic acids is 1. The summed E-state index contributed by atoms with van der Waals surface area (Å²) < 4.78 is 14.3. The average molecular weight is 329 g/mol. The van der Waals surface area contributed by atoms with E-state index in [1.165, 1.54) is 12.3 Å². The number of carbonyl (C=O) groups is 1. The van der Waals surface area contributed by atoms with E-state index >= 15 is 0 Å². The lowest BCUT2D eigenvalue weighted by atomic mass is 10.3. The first-order chi connectivity index (χ1) is 9.90. The van der Waals surface area contributed by atoms with Gasteiger partial charge in [-0.3, -0.25) is 9.48 Å². The lowest BCUT2D eigenvalue weighted by molar-refractivity contribution is -0.124. The van der Waals surface area contributed by atoms with E-state index in [-0.39, 0.29) is 11.0 Å². The smallest absolute Gasteiger partial charge is 0.264 e. The van der Waals surface area contributed by atoms with Gasteiger partial charge in [-0.05, 0) is 32.9 Å². The number of aromatic nitrogens is 2. The number of hydrogen-bond acceptors (Lipinski definition) is 4. The van der Waals surface area contributed by atoms with Crippen molar-refractivity contribution in [1.29, 1.82) is 0 Å². The molecule has 0 radical (unpaired) electrons. The molecule has 2 aromatic rings. The Bertz CT molecular complexity index is 694. The Morgan fingerprint density at radius 1 is 1.57 bits per heavy atom. The summed E-state index contributed by atoms with van der Waals surface area (Å²) in [6.07, 6.45) is 1.40. The minimum Gasteiger partial charge on any atom is -0.271 e. The van der Waals surface area contributed by atoms with E-state index in [1.807, 2.05) is 0 Å². The van der Waals surface area contributed by atoms with Crippen molar-refractivity contribution in [3.8, 4) is 0 Å². The highest BCUT2D eigenvalue weighted by Gasteiger charge is 2.20. The molecule has 2 heterocycles. The fourth-order valence-corrected chi connectivity index (χ4v) is 2.51. The Labute approximate surface area is 130 Å². The van der Waals surface area contributed by atoms with Crippen LogP contribution in [0.15, 0.2) is 17.2 Å². The largest absolute Gasteiger partial charge is 0.271 e. The molecule has 112 valence electrons. The van der Waals surface area contributed by atoms with Crippen LogP contribution >= 0.6 is 22.9 Å². The van der Waals surface area contributed by atoms with Crippen molar-refractivity contribution < 1.29 is 9.18 Å². The predicted molar refractivity (Wildman–Crippen MR) is 81.4 cm³/mol. The summed E-state index contributed by atoms with van der Waals surface area (Å²) in [5.74, 6) is -0.328. The lowest BCUT2D eigenvalue weighted by Gasteiger charge is -2.12. The van der Waals surface area contributed by atoms with Crippen LogP contribution in [0, 0.1) is 19.0 Å². The second kappa shape index (κ2) is 6.36. The molecular formula is C13H14ClFN4OS. The third-order valence-electron chi connectivity index (χ3n) is 2.94. The third-order valence-corrected chi connectivity index (χ3v) is 4.30. The summed E-state index contributed by atoms with van der Waals surface area (Å²) in [5.41, 5.74) is 3.80. The summed E-state index contributed by atoms with van der Waals surface area (Å²) in [6.45, 7) is 5.27. The van der Waals surface area contributed by atoms with Gasteiger partial charge in [-0.2, -0.15) is 14.6 Å². The number of nitrogens with zero attached hydrogens (tertiary/aromatic N) is 3. The number of thiophene rings is 1. The molecule has 0 aliphatic heterocycles. The molecule has 1 unspecified atom stereocenters. The van der Waals surface area contributed by atoms with E-state index in [9.17, 15) is 9.18 Å². The molecule has 0 bridgehead atoms. The van der Waals surface area contributed by atoms with Crippen LogP contribution in [0.2, 0.25) is 5.02 Å². The monoisotopic (exact) mass is 328 g/mol. The first kappa shape index (κ1) is 15.7. The first-order valence-corrected chi connectivity index (χ1v) is 7.39. The zero-order valence-corrected chi connectivity index (χ0v) is 13.3. The van der Waals surface area contributed by atoms with Crippen molar-refractivity contribution in [3.63, 3.8) is 0 Å². The maximum atomic E-state index is 12.8. The molecule has 0 aromatic carbocycles. The molecule has 0 fully saturated rings. The molecule has 1 atom stereocenters. The Hall–Kier alpha value is -1.73. The summed E-state index contributed by atoms with van der Waals surface area (Å²) in [7, 11) is 0. The molecule has 1 amide bonds. The molecular weight excluding hydrogens is 315 g/mol. The van der Waals surface area contributed by atoms with Gasteiger partial charge in [-0.25, -0.2) is 5.43 Å². The highest BCUT2D eigenvalue weighted by atomic mass is 35.5. The molecule has 0 aliphatic rings. The highest BCUT2D eigenvalue weighted by Crippen LogP contribution is 2.22. The van der Waals surface area contributed by atoms with Gasteiger partial charge in [0.1, 0.15) is 6.04 Å². The van der Waals surface area contributed by atoms with Crippen LogP contribution in [0.3, 0.4) is 0 Å². The third kappa shape index (κ3) is 3.48. The number of nitrogens with one attached hydrogen (secondary N) is 1. The van der Waals surface area contributed by atoms with Crippen LogP contribution in [0.1, 0.15) is 29.2 Å². The van der Waals surface area contributed by atoms with Crippen molar-refractivity contribution >= 4 is 35.1 Å². The molecule has 21 heavy (non-hydrogen) atoms. The van der Waals surface area contributed by atoms with Crippen molar-refractivity contribution in [3.05, 3.63) is 38.6 Å². The van der Waals surface area contributed by atoms with Gasteiger partial charge >= 0.3 is 0 Å². The molecule has 2 rings (SSSR count). The summed E-state index contributed by atoms with van der Waals surface area (Å²) in [4.78, 5) is 12.6. The maximum Gasteiger partial charge on any atom is 0.264 e. The molecule has 0 saturated heterocycles. The molecule has 8 heteroatoms. The summed E-state index contributed by atoms with van der Waals surface area (Å²) >= 11 is 7.00. The van der Waals surface area contributed by atoms with Crippen molar-refractivity contribution in [2.24, 2.45) is 5.10 Å². The van der Waals surface area contributed by atoms with Crippen LogP contribution in [0.5, 0.6) is 0 Å². The minimum atomic E-state index is -0.548. The first-order valence-electron chi connectivity index (χ1n) is 6.19.